The van der Waals surface area contributed by atoms with E-state index in [1.807, 2.05) is 11.2 Å². The van der Waals surface area contributed by atoms with Crippen LogP contribution in [0.1, 0.15) is 12.1 Å². The number of nitrogens with zero attached hydrogens (tertiary/aromatic N) is 3. The molecule has 1 aliphatic carbocycles. The Morgan fingerprint density at radius 3 is 2.79 bits per heavy atom. The maximum atomic E-state index is 13.1. The third-order valence-electron chi connectivity index (χ3n) is 4.65. The lowest BCUT2D eigenvalue weighted by Gasteiger charge is -2.11. The molecule has 1 amide bonds. The number of rotatable bonds is 3. The fraction of sp³-hybridized carbons (Fsp3) is 0.222. The molecule has 28 heavy (non-hydrogen) atoms. The van der Waals surface area contributed by atoms with Crippen molar-refractivity contribution in [2.75, 3.05) is 11.1 Å². The van der Waals surface area contributed by atoms with Gasteiger partial charge in [0.25, 0.3) is 0 Å². The molecule has 2 aromatic heterocycles. The molecule has 3 aromatic rings. The Kier molecular flexibility index (Phi) is 3.96. The van der Waals surface area contributed by atoms with Crippen LogP contribution in [0.2, 0.25) is 0 Å². The number of nitrogens with two attached hydrogens (primary N) is 1. The van der Waals surface area contributed by atoms with Crippen molar-refractivity contribution < 1.29 is 18.0 Å². The normalized spacial score (nSPS) is 18.6. The van der Waals surface area contributed by atoms with Gasteiger partial charge in [-0.15, -0.1) is 0 Å². The predicted molar refractivity (Wildman–Crippen MR) is 94.6 cm³/mol. The lowest BCUT2D eigenvalue weighted by molar-refractivity contribution is -0.140. The Hall–Kier alpha value is -3.61. The number of aromatic amines is 1. The van der Waals surface area contributed by atoms with Crippen LogP contribution in [0.4, 0.5) is 24.7 Å². The molecule has 0 spiro atoms. The highest BCUT2D eigenvalue weighted by atomic mass is 19.4. The average Bonchev–Trinajstić information content (AvgIpc) is 3.25. The van der Waals surface area contributed by atoms with Crippen molar-refractivity contribution in [3.05, 3.63) is 36.3 Å². The third-order valence-corrected chi connectivity index (χ3v) is 4.65. The Labute approximate surface area is 156 Å². The molecular weight excluding hydrogens is 373 g/mol. The topological polar surface area (TPSA) is 120 Å². The van der Waals surface area contributed by atoms with E-state index in [0.29, 0.717) is 17.2 Å². The van der Waals surface area contributed by atoms with Crippen molar-refractivity contribution in [1.29, 1.82) is 5.26 Å². The van der Waals surface area contributed by atoms with Gasteiger partial charge in [-0.25, -0.2) is 4.98 Å². The lowest BCUT2D eigenvalue weighted by Crippen LogP contribution is -2.15. The zero-order valence-electron chi connectivity index (χ0n) is 14.2. The monoisotopic (exact) mass is 386 g/mol. The highest BCUT2D eigenvalue weighted by molar-refractivity contribution is 6.00. The van der Waals surface area contributed by atoms with E-state index in [1.54, 1.807) is 0 Å². The van der Waals surface area contributed by atoms with Crippen LogP contribution in [-0.2, 0) is 11.0 Å². The van der Waals surface area contributed by atoms with Gasteiger partial charge in [0, 0.05) is 22.8 Å². The number of alkyl halides is 3. The summed E-state index contributed by atoms with van der Waals surface area (Å²) in [7, 11) is 0. The molecule has 7 nitrogen and oxygen atoms in total. The van der Waals surface area contributed by atoms with E-state index in [2.05, 4.69) is 15.4 Å². The largest absolute Gasteiger partial charge is 0.433 e. The number of hydrogen-bond donors (Lipinski definition) is 3. The molecule has 1 fully saturated rings. The Morgan fingerprint density at radius 1 is 1.32 bits per heavy atom. The Bertz CT molecular complexity index is 1130. The SMILES string of the molecule is N#CC1CC1C(=O)Nc1cc2cc(-c3cn[nH]c3C(F)(F)F)cc(N)c2cn1. The summed E-state index contributed by atoms with van der Waals surface area (Å²) >= 11 is 0. The van der Waals surface area contributed by atoms with Gasteiger partial charge >= 0.3 is 6.18 Å². The van der Waals surface area contributed by atoms with Crippen LogP contribution in [-0.4, -0.2) is 21.1 Å². The van der Waals surface area contributed by atoms with Gasteiger partial charge in [-0.2, -0.15) is 23.5 Å². The standard InChI is InChI=1S/C18H13F3N6O/c19-18(20,21)16-13(7-25-27-16)8-1-9-4-15(24-6-12(9)14(23)3-8)26-17(28)11-2-10(11)5-22/h1,3-4,6-7,10-11H,2,23H2,(H,25,27)(H,24,26,28). The number of amides is 1. The van der Waals surface area contributed by atoms with E-state index < -0.39 is 11.9 Å². The second-order valence-electron chi connectivity index (χ2n) is 6.58. The Balaban J connectivity index is 1.71. The van der Waals surface area contributed by atoms with E-state index >= 15 is 0 Å². The van der Waals surface area contributed by atoms with Crippen molar-refractivity contribution in [1.82, 2.24) is 15.2 Å². The number of pyridine rings is 1. The number of aromatic nitrogens is 3. The predicted octanol–water partition coefficient (Wildman–Crippen LogP) is 3.32. The van der Waals surface area contributed by atoms with E-state index in [9.17, 15) is 18.0 Å². The van der Waals surface area contributed by atoms with Crippen LogP contribution in [0.5, 0.6) is 0 Å². The first-order valence-corrected chi connectivity index (χ1v) is 8.28. The number of carbonyl (C=O) groups is 1. The maximum Gasteiger partial charge on any atom is 0.433 e. The molecule has 0 bridgehead atoms. The number of hydrogen-bond acceptors (Lipinski definition) is 5. The maximum absolute atomic E-state index is 13.1. The molecule has 2 atom stereocenters. The number of nitrogen functional groups attached to an aromatic ring is 1. The summed E-state index contributed by atoms with van der Waals surface area (Å²) in [6, 6.07) is 6.51. The number of carbonyl (C=O) groups excluding carboxylic acids is 1. The Morgan fingerprint density at radius 2 is 2.11 bits per heavy atom. The van der Waals surface area contributed by atoms with Crippen molar-refractivity contribution >= 4 is 28.2 Å². The minimum Gasteiger partial charge on any atom is -0.398 e. The van der Waals surface area contributed by atoms with Crippen molar-refractivity contribution in [3.63, 3.8) is 0 Å². The fourth-order valence-corrected chi connectivity index (χ4v) is 3.08. The number of nitriles is 1. The molecule has 0 saturated heterocycles. The number of nitrogens with one attached hydrogen (secondary N) is 2. The van der Waals surface area contributed by atoms with Crippen LogP contribution >= 0.6 is 0 Å². The van der Waals surface area contributed by atoms with E-state index in [-0.39, 0.29) is 40.4 Å². The summed E-state index contributed by atoms with van der Waals surface area (Å²) in [5.74, 6) is -0.721. The average molecular weight is 386 g/mol. The lowest BCUT2D eigenvalue weighted by atomic mass is 10.0. The molecule has 142 valence electrons. The molecular formula is C18H13F3N6O. The first kappa shape index (κ1) is 17.8. The van der Waals surface area contributed by atoms with Crippen LogP contribution in [0.3, 0.4) is 0 Å². The van der Waals surface area contributed by atoms with E-state index in [1.165, 1.54) is 24.4 Å². The molecule has 2 unspecified atom stereocenters. The zero-order valence-corrected chi connectivity index (χ0v) is 14.2. The smallest absolute Gasteiger partial charge is 0.398 e. The molecule has 0 aliphatic heterocycles. The summed E-state index contributed by atoms with van der Waals surface area (Å²) in [5, 5.41) is 18.0. The summed E-state index contributed by atoms with van der Waals surface area (Å²) < 4.78 is 39.4. The highest BCUT2D eigenvalue weighted by Crippen LogP contribution is 2.39. The summed E-state index contributed by atoms with van der Waals surface area (Å²) in [5.41, 5.74) is 5.39. The van der Waals surface area contributed by atoms with Gasteiger partial charge < -0.3 is 11.1 Å². The van der Waals surface area contributed by atoms with Gasteiger partial charge in [0.2, 0.25) is 5.91 Å². The first-order chi connectivity index (χ1) is 13.3. The number of anilines is 2. The number of benzene rings is 1. The number of fused-ring (bicyclic) bond motifs is 1. The summed E-state index contributed by atoms with van der Waals surface area (Å²) in [6.07, 6.45) is -1.55. The molecule has 4 rings (SSSR count). The van der Waals surface area contributed by atoms with Gasteiger partial charge in [-0.05, 0) is 35.6 Å². The van der Waals surface area contributed by atoms with Crippen molar-refractivity contribution in [3.8, 4) is 17.2 Å². The minimum absolute atomic E-state index is 0.127. The van der Waals surface area contributed by atoms with E-state index in [0.717, 1.165) is 6.20 Å². The number of halogens is 3. The highest BCUT2D eigenvalue weighted by Gasteiger charge is 2.43. The second-order valence-corrected chi connectivity index (χ2v) is 6.58. The molecule has 4 N–H and O–H groups in total. The second kappa shape index (κ2) is 6.23. The summed E-state index contributed by atoms with van der Waals surface area (Å²) in [6.45, 7) is 0. The van der Waals surface area contributed by atoms with Gasteiger partial charge in [-0.1, -0.05) is 0 Å². The zero-order chi connectivity index (χ0) is 20.1. The molecule has 10 heteroatoms. The van der Waals surface area contributed by atoms with Crippen LogP contribution in [0, 0.1) is 23.2 Å². The van der Waals surface area contributed by atoms with E-state index in [4.69, 9.17) is 11.0 Å². The van der Waals surface area contributed by atoms with Gasteiger partial charge in [0.05, 0.1) is 24.1 Å². The summed E-state index contributed by atoms with van der Waals surface area (Å²) in [4.78, 5) is 16.2. The fourth-order valence-electron chi connectivity index (χ4n) is 3.08. The van der Waals surface area contributed by atoms with Crippen LogP contribution in [0.15, 0.2) is 30.6 Å². The quantitative estimate of drug-likeness (QED) is 0.596. The van der Waals surface area contributed by atoms with Gasteiger partial charge in [-0.3, -0.25) is 9.89 Å². The molecule has 0 radical (unpaired) electrons. The van der Waals surface area contributed by atoms with Gasteiger partial charge in [0.15, 0.2) is 0 Å². The molecule has 2 heterocycles. The molecule has 1 aromatic carbocycles. The third kappa shape index (κ3) is 3.11. The first-order valence-electron chi connectivity index (χ1n) is 8.28. The van der Waals surface area contributed by atoms with Crippen LogP contribution in [0.25, 0.3) is 21.9 Å². The van der Waals surface area contributed by atoms with Crippen LogP contribution < -0.4 is 11.1 Å². The number of H-pyrrole nitrogens is 1. The van der Waals surface area contributed by atoms with Gasteiger partial charge in [0.1, 0.15) is 11.5 Å². The molecule has 1 saturated carbocycles. The molecule has 1 aliphatic rings. The minimum atomic E-state index is -4.59. The van der Waals surface area contributed by atoms with Crippen molar-refractivity contribution in [2.45, 2.75) is 12.6 Å². The van der Waals surface area contributed by atoms with Crippen molar-refractivity contribution in [2.24, 2.45) is 11.8 Å².